The summed E-state index contributed by atoms with van der Waals surface area (Å²) in [6.07, 6.45) is 1.53. The van der Waals surface area contributed by atoms with Crippen molar-refractivity contribution >= 4 is 12.2 Å². The van der Waals surface area contributed by atoms with Crippen LogP contribution in [-0.4, -0.2) is 36.1 Å². The average molecular weight is 238 g/mol. The molecule has 0 aliphatic rings. The Kier molecular flexibility index (Phi) is 4.80. The second kappa shape index (κ2) is 6.37. The number of carbonyl (C=O) groups is 1. The highest BCUT2D eigenvalue weighted by Gasteiger charge is 2.00. The first-order valence-electron chi connectivity index (χ1n) is 4.98. The van der Waals surface area contributed by atoms with E-state index >= 15 is 0 Å². The molecule has 0 aliphatic carbocycles. The molecule has 0 unspecified atom stereocenters. The van der Waals surface area contributed by atoms with E-state index in [1.165, 1.54) is 19.4 Å². The number of methoxy groups -OCH3 is 1. The summed E-state index contributed by atoms with van der Waals surface area (Å²) in [4.78, 5) is 10.2. The van der Waals surface area contributed by atoms with E-state index in [2.05, 4.69) is 10.5 Å². The molecule has 0 saturated heterocycles. The van der Waals surface area contributed by atoms with Crippen LogP contribution in [0.15, 0.2) is 23.3 Å². The zero-order valence-electron chi connectivity index (χ0n) is 9.38. The van der Waals surface area contributed by atoms with E-state index in [9.17, 15) is 9.90 Å². The van der Waals surface area contributed by atoms with Crippen LogP contribution in [0.5, 0.6) is 11.5 Å². The van der Waals surface area contributed by atoms with E-state index in [0.29, 0.717) is 5.75 Å². The molecule has 1 rings (SSSR count). The molecule has 0 fully saturated rings. The molecule has 0 saturated carbocycles. The van der Waals surface area contributed by atoms with E-state index in [-0.39, 0.29) is 18.7 Å². The van der Waals surface area contributed by atoms with Gasteiger partial charge in [-0.05, 0) is 23.8 Å². The van der Waals surface area contributed by atoms with Gasteiger partial charge >= 0.3 is 5.97 Å². The van der Waals surface area contributed by atoms with Crippen LogP contribution in [0.2, 0.25) is 0 Å². The van der Waals surface area contributed by atoms with Gasteiger partial charge in [-0.3, -0.25) is 4.79 Å². The maximum absolute atomic E-state index is 10.2. The molecule has 0 heterocycles. The number of nitrogens with one attached hydrogen (secondary N) is 1. The van der Waals surface area contributed by atoms with Crippen molar-refractivity contribution in [2.75, 3.05) is 13.7 Å². The van der Waals surface area contributed by atoms with Crippen molar-refractivity contribution in [1.29, 1.82) is 0 Å². The summed E-state index contributed by atoms with van der Waals surface area (Å²) in [5, 5.41) is 21.6. The number of phenols is 1. The fourth-order valence-corrected chi connectivity index (χ4v) is 1.12. The van der Waals surface area contributed by atoms with Gasteiger partial charge in [0.25, 0.3) is 0 Å². The van der Waals surface area contributed by atoms with Gasteiger partial charge in [0.05, 0.1) is 19.7 Å². The third-order valence-electron chi connectivity index (χ3n) is 1.96. The number of aliphatic carboxylic acids is 1. The van der Waals surface area contributed by atoms with Crippen LogP contribution in [0, 0.1) is 0 Å². The largest absolute Gasteiger partial charge is 0.504 e. The fraction of sp³-hybridized carbons (Fsp3) is 0.273. The third-order valence-corrected chi connectivity index (χ3v) is 1.96. The molecule has 6 nitrogen and oxygen atoms in total. The Bertz CT molecular complexity index is 418. The highest BCUT2D eigenvalue weighted by atomic mass is 16.5. The second-order valence-electron chi connectivity index (χ2n) is 3.24. The number of hydrazone groups is 1. The van der Waals surface area contributed by atoms with Crippen molar-refractivity contribution in [3.63, 3.8) is 0 Å². The summed E-state index contributed by atoms with van der Waals surface area (Å²) in [5.41, 5.74) is 3.34. The second-order valence-corrected chi connectivity index (χ2v) is 3.24. The molecule has 1 aromatic carbocycles. The van der Waals surface area contributed by atoms with Gasteiger partial charge in [-0.1, -0.05) is 0 Å². The number of rotatable bonds is 6. The van der Waals surface area contributed by atoms with Crippen LogP contribution in [-0.2, 0) is 4.79 Å². The summed E-state index contributed by atoms with van der Waals surface area (Å²) in [6, 6.07) is 4.79. The Hall–Kier alpha value is -2.24. The quantitative estimate of drug-likeness (QED) is 0.387. The molecule has 6 heteroatoms. The Morgan fingerprint density at radius 3 is 3.00 bits per heavy atom. The summed E-state index contributed by atoms with van der Waals surface area (Å²) in [6.45, 7) is 0.265. The summed E-state index contributed by atoms with van der Waals surface area (Å²) >= 11 is 0. The molecule has 17 heavy (non-hydrogen) atoms. The highest BCUT2D eigenvalue weighted by Crippen LogP contribution is 2.25. The Labute approximate surface area is 98.5 Å². The highest BCUT2D eigenvalue weighted by molar-refractivity contribution is 5.80. The topological polar surface area (TPSA) is 91.2 Å². The minimum absolute atomic E-state index is 0.0102. The van der Waals surface area contributed by atoms with Crippen molar-refractivity contribution in [1.82, 2.24) is 5.43 Å². The molecular formula is C11H14N2O4. The van der Waals surface area contributed by atoms with Crippen molar-refractivity contribution in [2.45, 2.75) is 6.42 Å². The normalized spacial score (nSPS) is 10.4. The molecule has 1 aromatic rings. The van der Waals surface area contributed by atoms with Gasteiger partial charge in [-0.2, -0.15) is 5.10 Å². The first kappa shape index (κ1) is 12.8. The predicted octanol–water partition coefficient (Wildman–Crippen LogP) is 0.799. The van der Waals surface area contributed by atoms with E-state index in [0.717, 1.165) is 5.56 Å². The van der Waals surface area contributed by atoms with E-state index in [4.69, 9.17) is 9.84 Å². The maximum atomic E-state index is 10.2. The smallest absolute Gasteiger partial charge is 0.305 e. The lowest BCUT2D eigenvalue weighted by molar-refractivity contribution is -0.136. The predicted molar refractivity (Wildman–Crippen MR) is 62.5 cm³/mol. The van der Waals surface area contributed by atoms with Crippen molar-refractivity contribution < 1.29 is 19.7 Å². The lowest BCUT2D eigenvalue weighted by Crippen LogP contribution is -2.12. The van der Waals surface area contributed by atoms with Gasteiger partial charge in [0.15, 0.2) is 11.5 Å². The zero-order valence-corrected chi connectivity index (χ0v) is 9.38. The molecule has 0 atom stereocenters. The number of ether oxygens (including phenoxy) is 1. The van der Waals surface area contributed by atoms with Crippen molar-refractivity contribution in [3.05, 3.63) is 23.8 Å². The molecular weight excluding hydrogens is 224 g/mol. The van der Waals surface area contributed by atoms with Gasteiger partial charge in [0.1, 0.15) is 0 Å². The van der Waals surface area contributed by atoms with Crippen LogP contribution in [0.1, 0.15) is 12.0 Å². The number of hydrogen-bond acceptors (Lipinski definition) is 5. The minimum atomic E-state index is -0.876. The molecule has 0 aliphatic heterocycles. The van der Waals surface area contributed by atoms with Gasteiger partial charge in [0, 0.05) is 6.54 Å². The van der Waals surface area contributed by atoms with Gasteiger partial charge in [0.2, 0.25) is 0 Å². The van der Waals surface area contributed by atoms with Gasteiger partial charge < -0.3 is 20.4 Å². The molecule has 92 valence electrons. The molecule has 0 bridgehead atoms. The number of benzene rings is 1. The summed E-state index contributed by atoms with van der Waals surface area (Å²) < 4.78 is 4.93. The van der Waals surface area contributed by atoms with Crippen LogP contribution < -0.4 is 10.2 Å². The van der Waals surface area contributed by atoms with E-state index in [1.54, 1.807) is 12.1 Å². The van der Waals surface area contributed by atoms with Crippen molar-refractivity contribution in [2.24, 2.45) is 5.10 Å². The van der Waals surface area contributed by atoms with Gasteiger partial charge in [-0.25, -0.2) is 0 Å². The minimum Gasteiger partial charge on any atom is -0.504 e. The number of phenolic OH excluding ortho intramolecular Hbond substituents is 1. The number of aromatic hydroxyl groups is 1. The first-order chi connectivity index (χ1) is 8.13. The zero-order chi connectivity index (χ0) is 12.7. The first-order valence-corrected chi connectivity index (χ1v) is 4.98. The monoisotopic (exact) mass is 238 g/mol. The number of nitrogens with zero attached hydrogens (tertiary/aromatic N) is 1. The Balaban J connectivity index is 2.50. The summed E-state index contributed by atoms with van der Waals surface area (Å²) in [5.74, 6) is -0.457. The number of carboxylic acids is 1. The molecule has 3 N–H and O–H groups in total. The average Bonchev–Trinajstić information content (AvgIpc) is 2.30. The van der Waals surface area contributed by atoms with Gasteiger partial charge in [-0.15, -0.1) is 0 Å². The molecule has 0 spiro atoms. The Morgan fingerprint density at radius 1 is 1.59 bits per heavy atom. The lowest BCUT2D eigenvalue weighted by atomic mass is 10.2. The lowest BCUT2D eigenvalue weighted by Gasteiger charge is -2.03. The van der Waals surface area contributed by atoms with Crippen LogP contribution >= 0.6 is 0 Å². The fourth-order valence-electron chi connectivity index (χ4n) is 1.12. The SMILES string of the molecule is COc1cc(/C=N/NCCC(=O)O)ccc1O. The van der Waals surface area contributed by atoms with Crippen LogP contribution in [0.25, 0.3) is 0 Å². The van der Waals surface area contributed by atoms with Crippen LogP contribution in [0.3, 0.4) is 0 Å². The van der Waals surface area contributed by atoms with Crippen molar-refractivity contribution in [3.8, 4) is 11.5 Å². The van der Waals surface area contributed by atoms with E-state index < -0.39 is 5.97 Å². The standard InChI is InChI=1S/C11H14N2O4/c1-17-10-6-8(2-3-9(10)14)7-13-12-5-4-11(15)16/h2-3,6-7,12,14H,4-5H2,1H3,(H,15,16)/b13-7+. The number of carboxylic acid groups (broad SMARTS) is 1. The maximum Gasteiger partial charge on any atom is 0.305 e. The molecule has 0 radical (unpaired) electrons. The van der Waals surface area contributed by atoms with Crippen LogP contribution in [0.4, 0.5) is 0 Å². The third kappa shape index (κ3) is 4.42. The Morgan fingerprint density at radius 2 is 2.35 bits per heavy atom. The molecule has 0 amide bonds. The summed E-state index contributed by atoms with van der Waals surface area (Å²) in [7, 11) is 1.46. The van der Waals surface area contributed by atoms with E-state index in [1.807, 2.05) is 0 Å². The number of hydrogen-bond donors (Lipinski definition) is 3. The molecule has 0 aromatic heterocycles.